The van der Waals surface area contributed by atoms with E-state index in [1.807, 2.05) is 0 Å². The Morgan fingerprint density at radius 1 is 0.455 bits per heavy atom. The van der Waals surface area contributed by atoms with Crippen molar-refractivity contribution in [3.63, 3.8) is 0 Å². The number of benzene rings is 6. The number of carboxylic acid groups (broad SMARTS) is 2. The third kappa shape index (κ3) is 11.4. The molecule has 336 valence electrons. The van der Waals surface area contributed by atoms with Crippen LogP contribution >= 0.6 is 0 Å². The molecule has 2 unspecified atom stereocenters. The molecule has 2 N–H and O–H groups in total. The maximum absolute atomic E-state index is 9.41. The summed E-state index contributed by atoms with van der Waals surface area (Å²) in [4.78, 5) is 26.8. The van der Waals surface area contributed by atoms with Gasteiger partial charge in [0.1, 0.15) is 37.6 Å². The molecule has 2 atom stereocenters. The van der Waals surface area contributed by atoms with Crippen molar-refractivity contribution in [2.75, 3.05) is 40.3 Å². The quantitative estimate of drug-likeness (QED) is 0.202. The zero-order valence-corrected chi connectivity index (χ0v) is 38.2. The molecule has 0 bridgehead atoms. The zero-order valence-electron chi connectivity index (χ0n) is 38.2. The lowest BCUT2D eigenvalue weighted by atomic mass is 9.86. The summed E-state index contributed by atoms with van der Waals surface area (Å²) in [5.41, 5.74) is 20.6. The number of carbonyl (C=O) groups excluding carboxylic acids is 2. The third-order valence-corrected chi connectivity index (χ3v) is 13.3. The summed E-state index contributed by atoms with van der Waals surface area (Å²) < 4.78 is 0. The van der Waals surface area contributed by atoms with E-state index in [9.17, 15) is 19.8 Å². The lowest BCUT2D eigenvalue weighted by molar-refractivity contribution is -0.861. The van der Waals surface area contributed by atoms with Gasteiger partial charge in [-0.05, 0) is 98.5 Å². The molecule has 8 heteroatoms. The number of piperidine rings is 2. The predicted molar refractivity (Wildman–Crippen MR) is 259 cm³/mol. The van der Waals surface area contributed by atoms with E-state index >= 15 is 0 Å². The highest BCUT2D eigenvalue weighted by Gasteiger charge is 2.31. The molecule has 66 heavy (non-hydrogen) atoms. The molecule has 6 aromatic carbocycles. The second-order valence-electron chi connectivity index (χ2n) is 17.8. The lowest BCUT2D eigenvalue weighted by Crippen LogP contribution is -3.04. The first-order chi connectivity index (χ1) is 32.2. The molecule has 4 aliphatic rings. The Morgan fingerprint density at radius 3 is 1.14 bits per heavy atom. The molecule has 8 nitrogen and oxygen atoms in total. The fourth-order valence-corrected chi connectivity index (χ4v) is 9.97. The van der Waals surface area contributed by atoms with Gasteiger partial charge in [0.15, 0.2) is 0 Å². The Balaban J connectivity index is 0.000000154. The molecular formula is C58H60N4O4. The highest BCUT2D eigenvalue weighted by atomic mass is 16.4. The number of likely N-dealkylation sites (tertiary alicyclic amines) is 2. The first-order valence-corrected chi connectivity index (χ1v) is 23.3. The van der Waals surface area contributed by atoms with Crippen molar-refractivity contribution < 1.29 is 29.6 Å². The van der Waals surface area contributed by atoms with Crippen molar-refractivity contribution in [1.29, 1.82) is 0 Å². The van der Waals surface area contributed by atoms with Crippen molar-refractivity contribution >= 4 is 34.5 Å². The number of nitrogens with zero attached hydrogens (tertiary/aromatic N) is 2. The smallest absolute Gasteiger partial charge is 0.139 e. The standard InChI is InChI=1S/2C27H28N2.C4H4O4/c2*1-28-17-15-22(16-18-28)27-24-12-6-5-11-23(24)20-29(19-21-9-3-2-4-10-21)26-14-8-7-13-25(26)27;5-3(6)1-2-4(7)8/h2*2-14H,15-20H2,1H3;1-2H,(H,5,6)(H,7,8)/b;;2-1-. The number of carbonyl (C=O) groups is 2. The lowest BCUT2D eigenvalue weighted by Gasteiger charge is -2.27. The molecule has 6 aromatic rings. The third-order valence-electron chi connectivity index (χ3n) is 13.3. The molecule has 0 aliphatic carbocycles. The fraction of sp³-hybridized carbons (Fsp3) is 0.241. The average molecular weight is 877 g/mol. The van der Waals surface area contributed by atoms with E-state index in [0.29, 0.717) is 12.2 Å². The number of hydrogen-bond acceptors (Lipinski definition) is 6. The first-order valence-electron chi connectivity index (χ1n) is 23.3. The van der Waals surface area contributed by atoms with E-state index in [1.165, 1.54) is 103 Å². The minimum atomic E-state index is -1.55. The number of fused-ring (bicyclic) bond motifs is 4. The molecule has 4 aliphatic heterocycles. The Kier molecular flexibility index (Phi) is 15.3. The second-order valence-corrected chi connectivity index (χ2v) is 17.8. The summed E-state index contributed by atoms with van der Waals surface area (Å²) in [6, 6.07) is 58.2. The Labute approximate surface area is 390 Å². The number of aliphatic carboxylic acids is 2. The maximum Gasteiger partial charge on any atom is 0.139 e. The monoisotopic (exact) mass is 876 g/mol. The predicted octanol–water partition coefficient (Wildman–Crippen LogP) is 5.93. The number of quaternary nitrogens is 2. The van der Waals surface area contributed by atoms with Gasteiger partial charge in [0, 0.05) is 59.6 Å². The van der Waals surface area contributed by atoms with Crippen LogP contribution in [0.3, 0.4) is 0 Å². The molecule has 0 amide bonds. The van der Waals surface area contributed by atoms with Gasteiger partial charge in [0.05, 0.1) is 11.9 Å². The minimum Gasteiger partial charge on any atom is -0.545 e. The van der Waals surface area contributed by atoms with Crippen LogP contribution in [0.25, 0.3) is 11.1 Å². The van der Waals surface area contributed by atoms with Crippen LogP contribution in [0.5, 0.6) is 0 Å². The largest absolute Gasteiger partial charge is 0.545 e. The Hall–Kier alpha value is -6.68. The molecule has 0 aromatic heterocycles. The van der Waals surface area contributed by atoms with Crippen LogP contribution in [0.1, 0.15) is 70.2 Å². The summed E-state index contributed by atoms with van der Waals surface area (Å²) in [6.45, 7) is 8.70. The molecule has 10 rings (SSSR count). The van der Waals surface area contributed by atoms with Crippen LogP contribution in [0.4, 0.5) is 11.4 Å². The van der Waals surface area contributed by atoms with Gasteiger partial charge in [-0.3, -0.25) is 9.80 Å². The summed E-state index contributed by atoms with van der Waals surface area (Å²) in [5, 5.41) is 18.8. The first kappa shape index (κ1) is 45.9. The van der Waals surface area contributed by atoms with Crippen LogP contribution < -0.4 is 20.0 Å². The van der Waals surface area contributed by atoms with Crippen LogP contribution in [-0.2, 0) is 35.8 Å². The summed E-state index contributed by atoms with van der Waals surface area (Å²) in [6.07, 6.45) is 5.45. The summed E-state index contributed by atoms with van der Waals surface area (Å²) in [7, 11) is 4.48. The van der Waals surface area contributed by atoms with E-state index < -0.39 is 11.9 Å². The molecular weight excluding hydrogens is 817 g/mol. The summed E-state index contributed by atoms with van der Waals surface area (Å²) in [5.74, 6) is -3.09. The van der Waals surface area contributed by atoms with Gasteiger partial charge in [-0.15, -0.1) is 0 Å². The normalized spacial score (nSPS) is 18.2. The molecule has 0 saturated carbocycles. The van der Waals surface area contributed by atoms with Crippen molar-refractivity contribution in [3.8, 4) is 0 Å². The number of hydrogen-bond donors (Lipinski definition) is 2. The molecule has 0 spiro atoms. The van der Waals surface area contributed by atoms with Gasteiger partial charge >= 0.3 is 0 Å². The van der Waals surface area contributed by atoms with E-state index in [-0.39, 0.29) is 0 Å². The topological polar surface area (TPSA) is 95.6 Å². The number of carboxylic acids is 2. The van der Waals surface area contributed by atoms with Gasteiger partial charge < -0.3 is 29.6 Å². The van der Waals surface area contributed by atoms with Crippen LogP contribution in [0, 0.1) is 0 Å². The van der Waals surface area contributed by atoms with Gasteiger partial charge in [-0.2, -0.15) is 0 Å². The van der Waals surface area contributed by atoms with Gasteiger partial charge in [0.25, 0.3) is 0 Å². The van der Waals surface area contributed by atoms with E-state index in [4.69, 9.17) is 0 Å². The number of para-hydroxylation sites is 2. The van der Waals surface area contributed by atoms with Crippen molar-refractivity contribution in [2.24, 2.45) is 0 Å². The van der Waals surface area contributed by atoms with Crippen LogP contribution in [-0.4, -0.2) is 62.0 Å². The second kappa shape index (κ2) is 22.0. The van der Waals surface area contributed by atoms with Crippen LogP contribution in [0.2, 0.25) is 0 Å². The average Bonchev–Trinajstić information content (AvgIpc) is 3.57. The van der Waals surface area contributed by atoms with Crippen molar-refractivity contribution in [1.82, 2.24) is 9.80 Å². The van der Waals surface area contributed by atoms with Crippen molar-refractivity contribution in [2.45, 2.75) is 51.9 Å². The SMILES string of the molecule is CN1CCC(=C2c3ccccc3C[NH+](Cc3ccccc3)c3ccccc32)CC1.CN1CCC(=C2c3ccccc3C[NH+](Cc3ccccc3)c3ccccc32)CC1.O=C([O-])/C=C\C(=O)[O-]. The van der Waals surface area contributed by atoms with E-state index in [2.05, 4.69) is 182 Å². The van der Waals surface area contributed by atoms with Gasteiger partial charge in [0.2, 0.25) is 0 Å². The molecule has 2 saturated heterocycles. The van der Waals surface area contributed by atoms with E-state index in [1.54, 1.807) is 11.1 Å². The zero-order chi connectivity index (χ0) is 45.8. The van der Waals surface area contributed by atoms with Crippen molar-refractivity contribution in [3.05, 3.63) is 226 Å². The van der Waals surface area contributed by atoms with Gasteiger partial charge in [-0.25, -0.2) is 0 Å². The maximum atomic E-state index is 9.41. The molecule has 0 radical (unpaired) electrons. The molecule has 4 heterocycles. The number of rotatable bonds is 6. The fourth-order valence-electron chi connectivity index (χ4n) is 9.97. The highest BCUT2D eigenvalue weighted by Crippen LogP contribution is 2.39. The molecule has 2 fully saturated rings. The van der Waals surface area contributed by atoms with Crippen LogP contribution in [0.15, 0.2) is 181 Å². The Bertz CT molecular complexity index is 2520. The Morgan fingerprint density at radius 2 is 0.773 bits per heavy atom. The van der Waals surface area contributed by atoms with E-state index in [0.717, 1.165) is 52.4 Å². The summed E-state index contributed by atoms with van der Waals surface area (Å²) >= 11 is 0. The highest BCUT2D eigenvalue weighted by molar-refractivity contribution is 5.89. The van der Waals surface area contributed by atoms with Gasteiger partial charge in [-0.1, -0.05) is 145 Å². The minimum absolute atomic E-state index is 0.384. The number of nitrogens with one attached hydrogen (secondary N) is 2.